The molecule has 224 valence electrons. The summed E-state index contributed by atoms with van der Waals surface area (Å²) in [7, 11) is -4.25. The predicted octanol–water partition coefficient (Wildman–Crippen LogP) is 4.82. The highest BCUT2D eigenvalue weighted by Crippen LogP contribution is 2.34. The van der Waals surface area contributed by atoms with E-state index in [4.69, 9.17) is 0 Å². The molecule has 3 heterocycles. The fourth-order valence-corrected chi connectivity index (χ4v) is 6.12. The van der Waals surface area contributed by atoms with Crippen molar-refractivity contribution in [2.45, 2.75) is 55.6 Å². The summed E-state index contributed by atoms with van der Waals surface area (Å²) in [4.78, 5) is 23.2. The number of aromatic nitrogens is 3. The van der Waals surface area contributed by atoms with E-state index in [1.54, 1.807) is 6.92 Å². The van der Waals surface area contributed by atoms with Crippen LogP contribution in [0.2, 0.25) is 0 Å². The van der Waals surface area contributed by atoms with Crippen molar-refractivity contribution in [2.24, 2.45) is 0 Å². The zero-order valence-electron chi connectivity index (χ0n) is 21.6. The van der Waals surface area contributed by atoms with Crippen molar-refractivity contribution in [3.05, 3.63) is 71.6 Å². The minimum absolute atomic E-state index is 0.0856. The van der Waals surface area contributed by atoms with Gasteiger partial charge in [-0.1, -0.05) is 0 Å². The lowest BCUT2D eigenvalue weighted by molar-refractivity contribution is -0.141. The van der Waals surface area contributed by atoms with Crippen LogP contribution in [0, 0.1) is 18.7 Å². The van der Waals surface area contributed by atoms with Crippen LogP contribution in [0.15, 0.2) is 53.8 Å². The quantitative estimate of drug-likeness (QED) is 0.314. The van der Waals surface area contributed by atoms with E-state index in [-0.39, 0.29) is 29.1 Å². The lowest BCUT2D eigenvalue weighted by Gasteiger charge is -2.27. The molecule has 1 aliphatic heterocycles. The van der Waals surface area contributed by atoms with Crippen molar-refractivity contribution in [1.29, 1.82) is 0 Å². The van der Waals surface area contributed by atoms with Crippen molar-refractivity contribution in [3.63, 3.8) is 0 Å². The molecule has 1 amide bonds. The van der Waals surface area contributed by atoms with Crippen LogP contribution < -0.4 is 5.32 Å². The van der Waals surface area contributed by atoms with Gasteiger partial charge in [0.15, 0.2) is 5.69 Å². The van der Waals surface area contributed by atoms with Crippen LogP contribution in [0.5, 0.6) is 0 Å². The molecule has 4 rings (SSSR count). The van der Waals surface area contributed by atoms with Crippen LogP contribution in [0.1, 0.15) is 36.6 Å². The highest BCUT2D eigenvalue weighted by atomic mass is 32.2. The monoisotopic (exact) mass is 617 g/mol. The van der Waals surface area contributed by atoms with Gasteiger partial charge in [0.05, 0.1) is 28.5 Å². The summed E-state index contributed by atoms with van der Waals surface area (Å²) in [5, 5.41) is 2.33. The molecule has 0 spiro atoms. The summed E-state index contributed by atoms with van der Waals surface area (Å²) in [6.07, 6.45) is 0.285. The van der Waals surface area contributed by atoms with Crippen molar-refractivity contribution in [3.8, 4) is 24.2 Å². The van der Waals surface area contributed by atoms with Gasteiger partial charge in [0.25, 0.3) is 0 Å². The molecule has 42 heavy (non-hydrogen) atoms. The molecule has 16 heteroatoms. The molecular weight excluding hydrogens is 595 g/mol. The fourth-order valence-electron chi connectivity index (χ4n) is 4.29. The second-order valence-electron chi connectivity index (χ2n) is 8.96. The number of terminal acetylenes is 1. The highest BCUT2D eigenvalue weighted by Gasteiger charge is 2.44. The van der Waals surface area contributed by atoms with Crippen LogP contribution >= 0.6 is 0 Å². The summed E-state index contributed by atoms with van der Waals surface area (Å²) >= 11 is 0. The van der Waals surface area contributed by atoms with Crippen molar-refractivity contribution in [1.82, 2.24) is 24.6 Å². The number of pyridine rings is 1. The van der Waals surface area contributed by atoms with Gasteiger partial charge >= 0.3 is 12.4 Å². The number of hydrogen-bond acceptors (Lipinski definition) is 6. The third-order valence-corrected chi connectivity index (χ3v) is 8.28. The smallest absolute Gasteiger partial charge is 0.351 e. The summed E-state index contributed by atoms with van der Waals surface area (Å²) in [6.45, 7) is 0.864. The van der Waals surface area contributed by atoms with E-state index in [0.717, 1.165) is 34.6 Å². The first-order valence-corrected chi connectivity index (χ1v) is 13.4. The Bertz CT molecular complexity index is 1540. The van der Waals surface area contributed by atoms with Crippen LogP contribution in [0.4, 0.5) is 30.7 Å². The fraction of sp³-hybridized carbons (Fsp3) is 0.308. The largest absolute Gasteiger partial charge is 0.434 e. The number of hydrogen-bond donors (Lipinski definition) is 1. The van der Waals surface area contributed by atoms with Crippen molar-refractivity contribution >= 4 is 15.9 Å². The van der Waals surface area contributed by atoms with E-state index in [1.165, 1.54) is 0 Å². The normalized spacial score (nSPS) is 17.8. The molecule has 2 atom stereocenters. The molecule has 0 saturated carbocycles. The number of sulfonamides is 1. The third kappa shape index (κ3) is 7.02. The maximum absolute atomic E-state index is 13.7. The standard InChI is InChI=1S/C24H20F7N5O3S.C2H2/c1-13-2-7-20(36(13)40(38,39)16-5-3-15(25)4-6-16)22(37)35-9-14-8-18(32-10-17(14)23(26,27)28)19-11-34-21(12-33-19)24(29,30)31;1-2/h3-6,8,10-13,20H,2,7,9H2,1H3,(H,35,37);1-2H/t13-,20-;/m0./s1. The number of rotatable bonds is 6. The highest BCUT2D eigenvalue weighted by molar-refractivity contribution is 7.89. The Hall–Kier alpha value is -4.10. The van der Waals surface area contributed by atoms with Gasteiger partial charge in [-0.25, -0.2) is 17.8 Å². The molecule has 3 aromatic rings. The van der Waals surface area contributed by atoms with E-state index >= 15 is 0 Å². The summed E-state index contributed by atoms with van der Waals surface area (Å²) in [5.74, 6) is -1.53. The Balaban J connectivity index is 0.00000237. The third-order valence-electron chi connectivity index (χ3n) is 6.24. The minimum atomic E-state index is -4.89. The number of carbonyl (C=O) groups is 1. The number of carbonyl (C=O) groups excluding carboxylic acids is 1. The van der Waals surface area contributed by atoms with Crippen LogP contribution in [-0.2, 0) is 33.7 Å². The average molecular weight is 618 g/mol. The molecule has 0 unspecified atom stereocenters. The van der Waals surface area contributed by atoms with Crippen LogP contribution in [-0.4, -0.2) is 45.7 Å². The van der Waals surface area contributed by atoms with Gasteiger partial charge in [0.1, 0.15) is 17.6 Å². The maximum atomic E-state index is 13.7. The molecule has 1 fully saturated rings. The molecular formula is C26H22F7N5O3S. The summed E-state index contributed by atoms with van der Waals surface area (Å²) in [5.41, 5.74) is -3.47. The van der Waals surface area contributed by atoms with Crippen LogP contribution in [0.25, 0.3) is 11.4 Å². The lowest BCUT2D eigenvalue weighted by atomic mass is 10.1. The number of nitrogens with zero attached hydrogens (tertiary/aromatic N) is 4. The summed E-state index contributed by atoms with van der Waals surface area (Å²) < 4.78 is 120. The van der Waals surface area contributed by atoms with Gasteiger partial charge < -0.3 is 5.32 Å². The van der Waals surface area contributed by atoms with Gasteiger partial charge in [-0.2, -0.15) is 30.6 Å². The van der Waals surface area contributed by atoms with E-state index < -0.39 is 69.5 Å². The van der Waals surface area contributed by atoms with Crippen molar-refractivity contribution in [2.75, 3.05) is 0 Å². The minimum Gasteiger partial charge on any atom is -0.351 e. The Morgan fingerprint density at radius 2 is 1.57 bits per heavy atom. The van der Waals surface area contributed by atoms with Crippen molar-refractivity contribution < 1.29 is 43.9 Å². The van der Waals surface area contributed by atoms with E-state index in [9.17, 15) is 43.9 Å². The summed E-state index contributed by atoms with van der Waals surface area (Å²) in [6, 6.07) is 3.02. The molecule has 1 aromatic carbocycles. The molecule has 0 aliphatic carbocycles. The second-order valence-corrected chi connectivity index (χ2v) is 10.8. The average Bonchev–Trinajstić information content (AvgIpc) is 3.34. The number of halogens is 7. The zero-order valence-corrected chi connectivity index (χ0v) is 22.4. The van der Waals surface area contributed by atoms with E-state index in [1.807, 2.05) is 0 Å². The first kappa shape index (κ1) is 32.4. The predicted molar refractivity (Wildman–Crippen MR) is 135 cm³/mol. The maximum Gasteiger partial charge on any atom is 0.434 e. The molecule has 1 saturated heterocycles. The second kappa shape index (κ2) is 12.4. The first-order chi connectivity index (χ1) is 19.6. The lowest BCUT2D eigenvalue weighted by Crippen LogP contribution is -2.48. The molecule has 1 aliphatic rings. The van der Waals surface area contributed by atoms with Gasteiger partial charge in [0, 0.05) is 18.8 Å². The van der Waals surface area contributed by atoms with Gasteiger partial charge in [-0.3, -0.25) is 14.8 Å². The first-order valence-electron chi connectivity index (χ1n) is 11.9. The Morgan fingerprint density at radius 1 is 0.952 bits per heavy atom. The van der Waals surface area contributed by atoms with E-state index in [2.05, 4.69) is 33.1 Å². The Morgan fingerprint density at radius 3 is 2.12 bits per heavy atom. The van der Waals surface area contributed by atoms with Gasteiger partial charge in [-0.15, -0.1) is 12.8 Å². The van der Waals surface area contributed by atoms with Gasteiger partial charge in [0.2, 0.25) is 15.9 Å². The van der Waals surface area contributed by atoms with Crippen LogP contribution in [0.3, 0.4) is 0 Å². The number of benzene rings is 1. The molecule has 1 N–H and O–H groups in total. The Labute approximate surface area is 236 Å². The van der Waals surface area contributed by atoms with Gasteiger partial charge in [-0.05, 0) is 55.7 Å². The Kier molecular flexibility index (Phi) is 9.58. The molecule has 2 aromatic heterocycles. The molecule has 0 bridgehead atoms. The molecule has 8 nitrogen and oxygen atoms in total. The SMILES string of the molecule is C#C.C[C@H]1CC[C@@H](C(=O)NCc2cc(-c3cnc(C(F)(F)F)cn3)ncc2C(F)(F)F)N1S(=O)(=O)c1ccc(F)cc1. The number of amides is 1. The number of alkyl halides is 6. The molecule has 0 radical (unpaired) electrons. The zero-order chi connectivity index (χ0) is 31.5. The number of nitrogens with one attached hydrogen (secondary N) is 1. The topological polar surface area (TPSA) is 105 Å². The van der Waals surface area contributed by atoms with E-state index in [0.29, 0.717) is 18.6 Å².